The van der Waals surface area contributed by atoms with E-state index in [1.54, 1.807) is 0 Å². The second-order valence-corrected chi connectivity index (χ2v) is 12.1. The molecule has 0 N–H and O–H groups in total. The average molecular weight is 610 g/mol. The maximum atomic E-state index is 15.5. The summed E-state index contributed by atoms with van der Waals surface area (Å²) in [5.41, 5.74) is 8.48. The molecule has 0 saturated carbocycles. The van der Waals surface area contributed by atoms with Crippen LogP contribution in [0.4, 0.5) is 8.78 Å². The molecule has 10 rings (SSSR count). The van der Waals surface area contributed by atoms with Crippen molar-refractivity contribution in [1.82, 2.24) is 13.7 Å². The van der Waals surface area contributed by atoms with Gasteiger partial charge in [0.05, 0.1) is 38.8 Å². The molecular weight excluding hydrogens is 584 g/mol. The molecule has 3 aromatic heterocycles. The van der Waals surface area contributed by atoms with Crippen LogP contribution in [0.1, 0.15) is 0 Å². The van der Waals surface area contributed by atoms with Crippen LogP contribution in [-0.2, 0) is 0 Å². The number of aromatic nitrogens is 3. The first-order valence-corrected chi connectivity index (χ1v) is 15.7. The topological polar surface area (TPSA) is 14.8 Å². The van der Waals surface area contributed by atoms with E-state index in [0.717, 1.165) is 61.3 Å². The molecule has 0 unspecified atom stereocenters. The second-order valence-electron chi connectivity index (χ2n) is 12.1. The monoisotopic (exact) mass is 609 g/mol. The third kappa shape index (κ3) is 3.65. The minimum atomic E-state index is -0.609. The Balaban J connectivity index is 1.31. The Labute approximate surface area is 267 Å². The predicted octanol–water partition coefficient (Wildman–Crippen LogP) is 11.3. The van der Waals surface area contributed by atoms with Gasteiger partial charge in [-0.1, -0.05) is 72.8 Å². The molecule has 0 saturated heterocycles. The number of hydrogen-bond acceptors (Lipinski definition) is 0. The lowest BCUT2D eigenvalue weighted by Crippen LogP contribution is -1.99. The van der Waals surface area contributed by atoms with Crippen molar-refractivity contribution in [3.05, 3.63) is 163 Å². The summed E-state index contributed by atoms with van der Waals surface area (Å²) in [6.45, 7) is 0. The Morgan fingerprint density at radius 2 is 0.702 bits per heavy atom. The van der Waals surface area contributed by atoms with E-state index in [-0.39, 0.29) is 0 Å². The molecule has 0 amide bonds. The number of halogens is 2. The zero-order valence-corrected chi connectivity index (χ0v) is 25.0. The summed E-state index contributed by atoms with van der Waals surface area (Å²) in [6, 6.07) is 50.3. The fourth-order valence-electron chi connectivity index (χ4n) is 7.60. The smallest absolute Gasteiger partial charge is 0.150 e. The first-order valence-electron chi connectivity index (χ1n) is 15.7. The lowest BCUT2D eigenvalue weighted by Gasteiger charge is -2.11. The van der Waals surface area contributed by atoms with Gasteiger partial charge in [-0.05, 0) is 72.8 Å². The Bertz CT molecular complexity index is 2610. The Morgan fingerprint density at radius 1 is 0.319 bits per heavy atom. The summed E-state index contributed by atoms with van der Waals surface area (Å²) in [7, 11) is 0. The van der Waals surface area contributed by atoms with E-state index in [4.69, 9.17) is 0 Å². The Morgan fingerprint density at radius 3 is 1.11 bits per heavy atom. The maximum Gasteiger partial charge on any atom is 0.150 e. The van der Waals surface area contributed by atoms with Gasteiger partial charge in [0, 0.05) is 49.8 Å². The highest BCUT2D eigenvalue weighted by molar-refractivity contribution is 6.14. The summed E-state index contributed by atoms with van der Waals surface area (Å²) < 4.78 is 36.1. The lowest BCUT2D eigenvalue weighted by molar-refractivity contribution is 0.579. The van der Waals surface area contributed by atoms with Crippen LogP contribution in [0.5, 0.6) is 0 Å². The highest BCUT2D eigenvalue weighted by atomic mass is 19.1. The van der Waals surface area contributed by atoms with E-state index in [2.05, 4.69) is 143 Å². The number of hydrogen-bond donors (Lipinski definition) is 0. The van der Waals surface area contributed by atoms with E-state index in [9.17, 15) is 4.39 Å². The van der Waals surface area contributed by atoms with Crippen LogP contribution in [-0.4, -0.2) is 13.7 Å². The normalized spacial score (nSPS) is 12.0. The van der Waals surface area contributed by atoms with Crippen molar-refractivity contribution in [3.8, 4) is 17.1 Å². The molecule has 0 radical (unpaired) electrons. The third-order valence-electron chi connectivity index (χ3n) is 9.56. The SMILES string of the molecule is Fc1ccc(-n2c3ccc(-n4c5ccccc5c5ccccc54)cc3c3cc(-n4c5ccccc5c5ccccc54)ccc32)c(F)c1. The van der Waals surface area contributed by atoms with Gasteiger partial charge in [0.1, 0.15) is 11.6 Å². The van der Waals surface area contributed by atoms with Gasteiger partial charge in [-0.25, -0.2) is 8.78 Å². The number of nitrogens with zero attached hydrogens (tertiary/aromatic N) is 3. The van der Waals surface area contributed by atoms with E-state index in [1.807, 2.05) is 4.57 Å². The number of para-hydroxylation sites is 4. The molecule has 0 aliphatic rings. The predicted molar refractivity (Wildman–Crippen MR) is 189 cm³/mol. The average Bonchev–Trinajstić information content (AvgIpc) is 3.74. The van der Waals surface area contributed by atoms with Gasteiger partial charge in [-0.3, -0.25) is 0 Å². The summed E-state index contributed by atoms with van der Waals surface area (Å²) in [6.07, 6.45) is 0. The van der Waals surface area contributed by atoms with Crippen LogP contribution in [0, 0.1) is 11.6 Å². The molecule has 10 aromatic rings. The standard InChI is InChI=1S/C42H25F2N3/c43-26-17-20-42(35(44)23-26)47-40-21-18-27(45-36-13-5-1-9-29(36)30-10-2-6-14-37(30)45)24-33(40)34-25-28(19-22-41(34)47)46-38-15-7-3-11-31(38)32-12-4-8-16-39(32)46/h1-25H. The first-order chi connectivity index (χ1) is 23.2. The van der Waals surface area contributed by atoms with Crippen LogP contribution >= 0.6 is 0 Å². The third-order valence-corrected chi connectivity index (χ3v) is 9.56. The minimum Gasteiger partial charge on any atom is -0.309 e. The van der Waals surface area contributed by atoms with Crippen molar-refractivity contribution in [1.29, 1.82) is 0 Å². The van der Waals surface area contributed by atoms with Gasteiger partial charge in [0.2, 0.25) is 0 Å². The quantitative estimate of drug-likeness (QED) is 0.189. The first kappa shape index (κ1) is 26.1. The van der Waals surface area contributed by atoms with Crippen LogP contribution < -0.4 is 0 Å². The Hall–Kier alpha value is -6.20. The van der Waals surface area contributed by atoms with Gasteiger partial charge in [0.25, 0.3) is 0 Å². The van der Waals surface area contributed by atoms with Gasteiger partial charge in [-0.15, -0.1) is 0 Å². The summed E-state index contributed by atoms with van der Waals surface area (Å²) in [4.78, 5) is 0. The number of benzene rings is 7. The van der Waals surface area contributed by atoms with Crippen LogP contribution in [0.25, 0.3) is 82.5 Å². The molecule has 0 fully saturated rings. The molecule has 7 aromatic carbocycles. The van der Waals surface area contributed by atoms with Gasteiger partial charge >= 0.3 is 0 Å². The molecule has 0 aliphatic heterocycles. The van der Waals surface area contributed by atoms with Crippen molar-refractivity contribution < 1.29 is 8.78 Å². The molecule has 47 heavy (non-hydrogen) atoms. The summed E-state index contributed by atoms with van der Waals surface area (Å²) in [5.74, 6) is -1.21. The summed E-state index contributed by atoms with van der Waals surface area (Å²) in [5, 5.41) is 6.71. The van der Waals surface area contributed by atoms with E-state index < -0.39 is 11.6 Å². The van der Waals surface area contributed by atoms with Crippen LogP contribution in [0.3, 0.4) is 0 Å². The maximum absolute atomic E-state index is 15.5. The molecule has 0 bridgehead atoms. The molecule has 5 heteroatoms. The van der Waals surface area contributed by atoms with E-state index >= 15 is 4.39 Å². The fourth-order valence-corrected chi connectivity index (χ4v) is 7.60. The largest absolute Gasteiger partial charge is 0.309 e. The van der Waals surface area contributed by atoms with Crippen molar-refractivity contribution in [3.63, 3.8) is 0 Å². The number of rotatable bonds is 3. The van der Waals surface area contributed by atoms with Crippen molar-refractivity contribution in [2.45, 2.75) is 0 Å². The molecule has 0 aliphatic carbocycles. The Kier molecular flexibility index (Phi) is 5.35. The lowest BCUT2D eigenvalue weighted by atomic mass is 10.1. The molecule has 0 atom stereocenters. The second kappa shape index (κ2) is 9.65. The van der Waals surface area contributed by atoms with Gasteiger partial charge < -0.3 is 13.7 Å². The van der Waals surface area contributed by atoms with Crippen LogP contribution in [0.15, 0.2) is 152 Å². The highest BCUT2D eigenvalue weighted by Crippen LogP contribution is 2.39. The highest BCUT2D eigenvalue weighted by Gasteiger charge is 2.20. The van der Waals surface area contributed by atoms with E-state index in [0.29, 0.717) is 5.69 Å². The van der Waals surface area contributed by atoms with Crippen molar-refractivity contribution >= 4 is 65.4 Å². The van der Waals surface area contributed by atoms with E-state index in [1.165, 1.54) is 33.7 Å². The van der Waals surface area contributed by atoms with Gasteiger partial charge in [0.15, 0.2) is 0 Å². The summed E-state index contributed by atoms with van der Waals surface area (Å²) >= 11 is 0. The zero-order valence-electron chi connectivity index (χ0n) is 25.0. The van der Waals surface area contributed by atoms with Crippen LogP contribution in [0.2, 0.25) is 0 Å². The minimum absolute atomic E-state index is 0.306. The molecule has 3 heterocycles. The molecule has 3 nitrogen and oxygen atoms in total. The molecule has 222 valence electrons. The van der Waals surface area contributed by atoms with Crippen molar-refractivity contribution in [2.75, 3.05) is 0 Å². The number of fused-ring (bicyclic) bond motifs is 9. The van der Waals surface area contributed by atoms with Gasteiger partial charge in [-0.2, -0.15) is 0 Å². The zero-order chi connectivity index (χ0) is 31.2. The van der Waals surface area contributed by atoms with Crippen molar-refractivity contribution in [2.24, 2.45) is 0 Å². The molecule has 0 spiro atoms. The fraction of sp³-hybridized carbons (Fsp3) is 0. The molecular formula is C42H25F2N3.